The molecule has 18 heavy (non-hydrogen) atoms. The van der Waals surface area contributed by atoms with Crippen LogP contribution in [0.3, 0.4) is 0 Å². The van der Waals surface area contributed by atoms with Crippen LogP contribution in [0, 0.1) is 5.92 Å². The van der Waals surface area contributed by atoms with E-state index in [-0.39, 0.29) is 5.97 Å². The molecular formula is C14H26O2S2. The summed E-state index contributed by atoms with van der Waals surface area (Å²) in [6.07, 6.45) is 10.1. The summed E-state index contributed by atoms with van der Waals surface area (Å²) in [5.41, 5.74) is 0. The van der Waals surface area contributed by atoms with Gasteiger partial charge >= 0.3 is 5.97 Å². The van der Waals surface area contributed by atoms with E-state index in [9.17, 15) is 4.79 Å². The van der Waals surface area contributed by atoms with Crippen LogP contribution in [-0.2, 0) is 9.53 Å². The minimum absolute atomic E-state index is 0.0000827. The molecular weight excluding hydrogens is 264 g/mol. The van der Waals surface area contributed by atoms with Gasteiger partial charge in [0.1, 0.15) is 0 Å². The van der Waals surface area contributed by atoms with Crippen molar-refractivity contribution in [3.05, 3.63) is 0 Å². The molecule has 0 aromatic carbocycles. The Morgan fingerprint density at radius 1 is 1.17 bits per heavy atom. The molecule has 2 nitrogen and oxygen atoms in total. The van der Waals surface area contributed by atoms with Gasteiger partial charge < -0.3 is 4.74 Å². The lowest BCUT2D eigenvalue weighted by Gasteiger charge is -2.04. The van der Waals surface area contributed by atoms with Crippen LogP contribution in [0.5, 0.6) is 0 Å². The molecule has 4 heteroatoms. The first-order valence-corrected chi connectivity index (χ1v) is 9.60. The molecule has 0 heterocycles. The van der Waals surface area contributed by atoms with Crippen LogP contribution < -0.4 is 0 Å². The Bertz CT molecular complexity index is 218. The highest BCUT2D eigenvalue weighted by Crippen LogP contribution is 2.33. The van der Waals surface area contributed by atoms with Gasteiger partial charge in [0.2, 0.25) is 0 Å². The van der Waals surface area contributed by atoms with Gasteiger partial charge in [-0.15, -0.1) is 0 Å². The second-order valence-corrected chi connectivity index (χ2v) is 7.08. The number of hydrogen-bond donors (Lipinski definition) is 0. The normalized spacial score (nSPS) is 14.7. The quantitative estimate of drug-likeness (QED) is 0.401. The van der Waals surface area contributed by atoms with Crippen LogP contribution in [0.2, 0.25) is 0 Å². The Morgan fingerprint density at radius 2 is 2.00 bits per heavy atom. The Morgan fingerprint density at radius 3 is 2.72 bits per heavy atom. The fourth-order valence-corrected chi connectivity index (χ4v) is 3.44. The summed E-state index contributed by atoms with van der Waals surface area (Å²) in [5, 5.41) is 0. The molecule has 0 unspecified atom stereocenters. The molecule has 0 aromatic heterocycles. The minimum atomic E-state index is -0.0000827. The average molecular weight is 290 g/mol. The summed E-state index contributed by atoms with van der Waals surface area (Å²) in [6, 6.07) is 0. The van der Waals surface area contributed by atoms with Crippen molar-refractivity contribution in [1.82, 2.24) is 0 Å². The molecule has 0 saturated heterocycles. The van der Waals surface area contributed by atoms with Gasteiger partial charge in [0.15, 0.2) is 0 Å². The zero-order chi connectivity index (χ0) is 13.1. The lowest BCUT2D eigenvalue weighted by atomic mass is 10.1. The maximum atomic E-state index is 11.4. The van der Waals surface area contributed by atoms with Crippen molar-refractivity contribution in [2.45, 2.75) is 44.9 Å². The predicted molar refractivity (Wildman–Crippen MR) is 82.5 cm³/mol. The third-order valence-corrected chi connectivity index (χ3v) is 5.01. The van der Waals surface area contributed by atoms with Gasteiger partial charge in [0.05, 0.1) is 6.61 Å². The molecule has 106 valence electrons. The number of ether oxygens (including phenoxy) is 1. The molecule has 0 spiro atoms. The van der Waals surface area contributed by atoms with Crippen molar-refractivity contribution in [2.75, 3.05) is 30.1 Å². The van der Waals surface area contributed by atoms with E-state index in [2.05, 4.69) is 6.26 Å². The number of carbonyl (C=O) groups is 1. The summed E-state index contributed by atoms with van der Waals surface area (Å²) < 4.78 is 5.21. The molecule has 1 aliphatic carbocycles. The number of carbonyl (C=O) groups excluding carboxylic acids is 1. The van der Waals surface area contributed by atoms with Gasteiger partial charge in [-0.25, -0.2) is 0 Å². The molecule has 1 saturated carbocycles. The summed E-state index contributed by atoms with van der Waals surface area (Å²) in [7, 11) is 0. The van der Waals surface area contributed by atoms with Crippen LogP contribution in [0.1, 0.15) is 44.9 Å². The van der Waals surface area contributed by atoms with E-state index in [1.165, 1.54) is 37.2 Å². The molecule has 0 aliphatic heterocycles. The van der Waals surface area contributed by atoms with Gasteiger partial charge in [-0.1, -0.05) is 25.7 Å². The largest absolute Gasteiger partial charge is 0.466 e. The number of esters is 1. The van der Waals surface area contributed by atoms with E-state index in [0.717, 1.165) is 24.5 Å². The van der Waals surface area contributed by atoms with Crippen molar-refractivity contribution in [1.29, 1.82) is 0 Å². The highest BCUT2D eigenvalue weighted by Gasteiger charge is 2.20. The van der Waals surface area contributed by atoms with Gasteiger partial charge in [-0.3, -0.25) is 4.79 Å². The van der Waals surface area contributed by atoms with Gasteiger partial charge in [0, 0.05) is 17.9 Å². The van der Waals surface area contributed by atoms with Crippen molar-refractivity contribution >= 4 is 29.5 Å². The molecule has 0 amide bonds. The third kappa shape index (κ3) is 10.1. The second kappa shape index (κ2) is 11.0. The Balaban J connectivity index is 1.75. The first-order chi connectivity index (χ1) is 8.83. The van der Waals surface area contributed by atoms with Gasteiger partial charge in [-0.2, -0.15) is 23.5 Å². The SMILES string of the molecule is CSCCSCCCOC(=O)CCCCC1CC1. The molecule has 0 N–H and O–H groups in total. The lowest BCUT2D eigenvalue weighted by Crippen LogP contribution is -2.06. The summed E-state index contributed by atoms with van der Waals surface area (Å²) in [4.78, 5) is 11.4. The lowest BCUT2D eigenvalue weighted by molar-refractivity contribution is -0.143. The van der Waals surface area contributed by atoms with E-state index >= 15 is 0 Å². The Labute approximate surface area is 120 Å². The highest BCUT2D eigenvalue weighted by atomic mass is 32.2. The van der Waals surface area contributed by atoms with Crippen LogP contribution in [-0.4, -0.2) is 36.1 Å². The van der Waals surface area contributed by atoms with E-state index in [4.69, 9.17) is 4.74 Å². The first kappa shape index (κ1) is 16.2. The maximum Gasteiger partial charge on any atom is 0.305 e. The fourth-order valence-electron chi connectivity index (χ4n) is 1.77. The Hall–Kier alpha value is 0.170. The molecule has 0 radical (unpaired) electrons. The monoisotopic (exact) mass is 290 g/mol. The zero-order valence-electron chi connectivity index (χ0n) is 11.5. The summed E-state index contributed by atoms with van der Waals surface area (Å²) in [5.74, 6) is 4.51. The van der Waals surface area contributed by atoms with Crippen LogP contribution in [0.25, 0.3) is 0 Å². The maximum absolute atomic E-state index is 11.4. The van der Waals surface area contributed by atoms with E-state index in [1.54, 1.807) is 0 Å². The summed E-state index contributed by atoms with van der Waals surface area (Å²) >= 11 is 3.83. The molecule has 1 fully saturated rings. The second-order valence-electron chi connectivity index (χ2n) is 4.87. The van der Waals surface area contributed by atoms with Gasteiger partial charge in [-0.05, 0) is 30.8 Å². The van der Waals surface area contributed by atoms with Crippen LogP contribution >= 0.6 is 23.5 Å². The van der Waals surface area contributed by atoms with Crippen LogP contribution in [0.4, 0.5) is 0 Å². The molecule has 1 rings (SSSR count). The smallest absolute Gasteiger partial charge is 0.305 e. The first-order valence-electron chi connectivity index (χ1n) is 7.05. The average Bonchev–Trinajstić information content (AvgIpc) is 3.18. The number of unbranched alkanes of at least 4 members (excludes halogenated alkanes) is 1. The van der Waals surface area contributed by atoms with Crippen molar-refractivity contribution in [3.63, 3.8) is 0 Å². The van der Waals surface area contributed by atoms with Crippen molar-refractivity contribution in [3.8, 4) is 0 Å². The molecule has 0 aromatic rings. The number of thioether (sulfide) groups is 2. The van der Waals surface area contributed by atoms with Crippen molar-refractivity contribution < 1.29 is 9.53 Å². The molecule has 0 atom stereocenters. The van der Waals surface area contributed by atoms with Crippen LogP contribution in [0.15, 0.2) is 0 Å². The Kier molecular flexibility index (Phi) is 9.95. The number of hydrogen-bond acceptors (Lipinski definition) is 4. The summed E-state index contributed by atoms with van der Waals surface area (Å²) in [6.45, 7) is 0.605. The minimum Gasteiger partial charge on any atom is -0.466 e. The zero-order valence-corrected chi connectivity index (χ0v) is 13.1. The van der Waals surface area contributed by atoms with E-state index in [0.29, 0.717) is 13.0 Å². The predicted octanol–water partition coefficient (Wildman–Crippen LogP) is 3.99. The van der Waals surface area contributed by atoms with E-state index in [1.807, 2.05) is 23.5 Å². The molecule has 1 aliphatic rings. The van der Waals surface area contributed by atoms with Crippen molar-refractivity contribution in [2.24, 2.45) is 5.92 Å². The number of rotatable bonds is 12. The topological polar surface area (TPSA) is 26.3 Å². The fraction of sp³-hybridized carbons (Fsp3) is 0.929. The standard InChI is InChI=1S/C14H26O2S2/c1-17-11-12-18-10-4-9-16-14(15)6-3-2-5-13-7-8-13/h13H,2-12H2,1H3. The van der Waals surface area contributed by atoms with E-state index < -0.39 is 0 Å². The van der Waals surface area contributed by atoms with Gasteiger partial charge in [0.25, 0.3) is 0 Å². The highest BCUT2D eigenvalue weighted by molar-refractivity contribution is 8.02. The molecule has 0 bridgehead atoms. The third-order valence-electron chi connectivity index (χ3n) is 3.07.